The molecular weight excluding hydrogens is 792 g/mol. The molecule has 9 heteroatoms. The van der Waals surface area contributed by atoms with Gasteiger partial charge in [-0.15, -0.1) is 0 Å². The maximum atomic E-state index is 12.9. The molecule has 0 radical (unpaired) electrons. The number of aliphatic hydroxyl groups is 1. The van der Waals surface area contributed by atoms with Crippen LogP contribution in [0.1, 0.15) is 219 Å². The predicted molar refractivity (Wildman–Crippen MR) is 265 cm³/mol. The minimum absolute atomic E-state index is 0.00229. The molecule has 0 saturated heterocycles. The zero-order chi connectivity index (χ0) is 45.7. The van der Waals surface area contributed by atoms with Crippen LogP contribution < -0.4 is 10.2 Å². The number of unbranched alkanes of at least 4 members (excludes halogenated alkanes) is 25. The van der Waals surface area contributed by atoms with Crippen molar-refractivity contribution >= 4 is 13.7 Å². The number of nitrogens with zero attached hydrogens (tertiary/aromatic N) is 1. The number of quaternary nitrogens is 1. The number of carbonyl (C=O) groups excluding carboxylic acids is 1. The first kappa shape index (κ1) is 60.2. The van der Waals surface area contributed by atoms with Crippen LogP contribution in [0.5, 0.6) is 0 Å². The molecule has 8 nitrogen and oxygen atoms in total. The summed E-state index contributed by atoms with van der Waals surface area (Å²) >= 11 is 0. The zero-order valence-corrected chi connectivity index (χ0v) is 42.0. The summed E-state index contributed by atoms with van der Waals surface area (Å²) in [6.07, 6.45) is 58.5. The van der Waals surface area contributed by atoms with Crippen LogP contribution in [-0.4, -0.2) is 68.5 Å². The summed E-state index contributed by atoms with van der Waals surface area (Å²) in [6, 6.07) is -0.887. The Morgan fingerprint density at radius 2 is 0.984 bits per heavy atom. The van der Waals surface area contributed by atoms with Gasteiger partial charge < -0.3 is 28.8 Å². The van der Waals surface area contributed by atoms with Gasteiger partial charge in [0.25, 0.3) is 7.82 Å². The van der Waals surface area contributed by atoms with Gasteiger partial charge in [-0.05, 0) is 57.8 Å². The predicted octanol–water partition coefficient (Wildman–Crippen LogP) is 14.3. The standard InChI is InChI=1S/C53H99N2O6P/c1-6-8-10-12-14-16-18-20-21-22-23-24-25-26-27-28-29-30-31-32-33-35-37-39-41-43-45-47-53(57)54-51(50-61-62(58,59)60-49-48-55(3,4)5)52(56)46-44-42-40-38-36-34-19-17-15-13-11-9-7-2/h8,10,14,16,20-21,23-24,44,46,51-52,56H,6-7,9,11-13,15,17-19,22,25-43,45,47-50H2,1-5H3,(H-,54,57,58,59)/b10-8-,16-14-,21-20-,24-23-,46-44+. The number of rotatable bonds is 46. The summed E-state index contributed by atoms with van der Waals surface area (Å²) in [5, 5.41) is 13.8. The molecule has 3 atom stereocenters. The molecule has 0 rings (SSSR count). The second-order valence-corrected chi connectivity index (χ2v) is 19.9. The largest absolute Gasteiger partial charge is 0.756 e. The van der Waals surface area contributed by atoms with Gasteiger partial charge in [0.2, 0.25) is 5.91 Å². The Balaban J connectivity index is 4.18. The van der Waals surface area contributed by atoms with Crippen LogP contribution in [0.3, 0.4) is 0 Å². The molecule has 0 heterocycles. The van der Waals surface area contributed by atoms with Gasteiger partial charge in [-0.3, -0.25) is 9.36 Å². The Morgan fingerprint density at radius 3 is 1.44 bits per heavy atom. The molecule has 3 unspecified atom stereocenters. The Labute approximate surface area is 383 Å². The molecule has 62 heavy (non-hydrogen) atoms. The number of nitrogens with one attached hydrogen (secondary N) is 1. The summed E-state index contributed by atoms with van der Waals surface area (Å²) < 4.78 is 23.3. The van der Waals surface area contributed by atoms with Crippen LogP contribution in [0.25, 0.3) is 0 Å². The number of allylic oxidation sites excluding steroid dienone is 9. The van der Waals surface area contributed by atoms with Crippen LogP contribution in [0.4, 0.5) is 0 Å². The molecule has 362 valence electrons. The fourth-order valence-corrected chi connectivity index (χ4v) is 7.93. The van der Waals surface area contributed by atoms with Crippen molar-refractivity contribution in [2.24, 2.45) is 0 Å². The average Bonchev–Trinajstić information content (AvgIpc) is 3.23. The molecular formula is C53H99N2O6P. The lowest BCUT2D eigenvalue weighted by molar-refractivity contribution is -0.870. The van der Waals surface area contributed by atoms with Crippen molar-refractivity contribution in [2.75, 3.05) is 40.9 Å². The van der Waals surface area contributed by atoms with Gasteiger partial charge in [0.1, 0.15) is 13.2 Å². The summed E-state index contributed by atoms with van der Waals surface area (Å²) in [4.78, 5) is 25.4. The van der Waals surface area contributed by atoms with Gasteiger partial charge in [-0.2, -0.15) is 0 Å². The van der Waals surface area contributed by atoms with Crippen LogP contribution in [0.2, 0.25) is 0 Å². The first-order valence-corrected chi connectivity index (χ1v) is 27.1. The molecule has 0 aromatic heterocycles. The van der Waals surface area contributed by atoms with Gasteiger partial charge in [-0.25, -0.2) is 0 Å². The first-order chi connectivity index (χ1) is 30.0. The van der Waals surface area contributed by atoms with Crippen molar-refractivity contribution in [3.05, 3.63) is 60.8 Å². The van der Waals surface area contributed by atoms with Gasteiger partial charge in [-0.1, -0.05) is 216 Å². The average molecular weight is 891 g/mol. The van der Waals surface area contributed by atoms with E-state index in [0.717, 1.165) is 64.2 Å². The Hall–Kier alpha value is -1.80. The Morgan fingerprint density at radius 1 is 0.581 bits per heavy atom. The Kier molecular flexibility index (Phi) is 43.1. The number of amides is 1. The minimum Gasteiger partial charge on any atom is -0.756 e. The summed E-state index contributed by atoms with van der Waals surface area (Å²) in [6.45, 7) is 4.53. The van der Waals surface area contributed by atoms with Crippen molar-refractivity contribution < 1.29 is 32.9 Å². The highest BCUT2D eigenvalue weighted by Crippen LogP contribution is 2.38. The van der Waals surface area contributed by atoms with Crippen molar-refractivity contribution in [1.82, 2.24) is 5.32 Å². The molecule has 2 N–H and O–H groups in total. The SMILES string of the molecule is CC/C=C\C/C=C\C/C=C\C/C=C\CCCCCCCCCCCCCCCCC(=O)NC(COP(=O)([O-])OCC[N+](C)(C)C)C(O)/C=C/CCCCCCCCCCCCC. The summed E-state index contributed by atoms with van der Waals surface area (Å²) in [5.74, 6) is -0.200. The maximum absolute atomic E-state index is 12.9. The number of hydrogen-bond donors (Lipinski definition) is 2. The van der Waals surface area contributed by atoms with Gasteiger partial charge in [0, 0.05) is 6.42 Å². The quantitative estimate of drug-likeness (QED) is 0.0273. The van der Waals surface area contributed by atoms with E-state index in [0.29, 0.717) is 17.4 Å². The topological polar surface area (TPSA) is 108 Å². The van der Waals surface area contributed by atoms with Crippen molar-refractivity contribution in [3.8, 4) is 0 Å². The van der Waals surface area contributed by atoms with Crippen molar-refractivity contribution in [1.29, 1.82) is 0 Å². The van der Waals surface area contributed by atoms with Gasteiger partial charge >= 0.3 is 0 Å². The third-order valence-electron chi connectivity index (χ3n) is 11.2. The molecule has 0 aliphatic heterocycles. The highest BCUT2D eigenvalue weighted by atomic mass is 31.2. The van der Waals surface area contributed by atoms with Gasteiger partial charge in [0.15, 0.2) is 0 Å². The lowest BCUT2D eigenvalue weighted by atomic mass is 10.0. The third kappa shape index (κ3) is 46.2. The number of carbonyl (C=O) groups is 1. The second kappa shape index (κ2) is 44.4. The van der Waals surface area contributed by atoms with Crippen LogP contribution >= 0.6 is 7.82 Å². The van der Waals surface area contributed by atoms with E-state index in [1.165, 1.54) is 135 Å². The lowest BCUT2D eigenvalue weighted by Gasteiger charge is -2.29. The smallest absolute Gasteiger partial charge is 0.268 e. The van der Waals surface area contributed by atoms with Crippen LogP contribution in [0.15, 0.2) is 60.8 Å². The fourth-order valence-electron chi connectivity index (χ4n) is 7.20. The van der Waals surface area contributed by atoms with E-state index < -0.39 is 20.0 Å². The van der Waals surface area contributed by atoms with E-state index in [-0.39, 0.29) is 19.1 Å². The van der Waals surface area contributed by atoms with E-state index in [1.54, 1.807) is 6.08 Å². The molecule has 0 spiro atoms. The number of aliphatic hydroxyl groups excluding tert-OH is 1. The van der Waals surface area contributed by atoms with E-state index in [9.17, 15) is 19.4 Å². The van der Waals surface area contributed by atoms with Crippen molar-refractivity contribution in [3.63, 3.8) is 0 Å². The maximum Gasteiger partial charge on any atom is 0.268 e. The number of likely N-dealkylation sites (N-methyl/N-ethyl adjacent to an activating group) is 1. The van der Waals surface area contributed by atoms with Crippen LogP contribution in [0, 0.1) is 0 Å². The third-order valence-corrected chi connectivity index (χ3v) is 12.2. The molecule has 0 bridgehead atoms. The highest BCUT2D eigenvalue weighted by molar-refractivity contribution is 7.45. The minimum atomic E-state index is -4.59. The normalized spacial score (nSPS) is 14.6. The second-order valence-electron chi connectivity index (χ2n) is 18.5. The Bertz CT molecular complexity index is 1190. The fraction of sp³-hybridized carbons (Fsp3) is 0.792. The van der Waals surface area contributed by atoms with Crippen LogP contribution in [-0.2, 0) is 18.4 Å². The lowest BCUT2D eigenvalue weighted by Crippen LogP contribution is -2.45. The van der Waals surface area contributed by atoms with E-state index in [4.69, 9.17) is 9.05 Å². The summed E-state index contributed by atoms with van der Waals surface area (Å²) in [7, 11) is 1.26. The zero-order valence-electron chi connectivity index (χ0n) is 41.1. The number of phosphoric acid groups is 1. The van der Waals surface area contributed by atoms with Crippen molar-refractivity contribution in [2.45, 2.75) is 231 Å². The van der Waals surface area contributed by atoms with E-state index >= 15 is 0 Å². The van der Waals surface area contributed by atoms with E-state index in [1.807, 2.05) is 27.2 Å². The van der Waals surface area contributed by atoms with Gasteiger partial charge in [0.05, 0.1) is 39.9 Å². The molecule has 1 amide bonds. The molecule has 0 aromatic rings. The number of phosphoric ester groups is 1. The monoisotopic (exact) mass is 891 g/mol. The highest BCUT2D eigenvalue weighted by Gasteiger charge is 2.23. The molecule has 0 fully saturated rings. The molecule has 0 aliphatic carbocycles. The van der Waals surface area contributed by atoms with E-state index in [2.05, 4.69) is 67.8 Å². The molecule has 0 aliphatic rings. The molecule has 0 aromatic carbocycles. The first-order valence-electron chi connectivity index (χ1n) is 25.7. The molecule has 0 saturated carbocycles. The summed E-state index contributed by atoms with van der Waals surface area (Å²) in [5.41, 5.74) is 0. The number of hydrogen-bond acceptors (Lipinski definition) is 6.